The summed E-state index contributed by atoms with van der Waals surface area (Å²) in [5, 5.41) is 0. The van der Waals surface area contributed by atoms with Crippen molar-refractivity contribution in [3.63, 3.8) is 0 Å². The van der Waals surface area contributed by atoms with E-state index in [1.54, 1.807) is 0 Å². The van der Waals surface area contributed by atoms with Crippen molar-refractivity contribution in [2.75, 3.05) is 26.2 Å². The molecule has 2 aliphatic rings. The topological polar surface area (TPSA) is 66.6 Å². The molecule has 5 nitrogen and oxygen atoms in total. The summed E-state index contributed by atoms with van der Waals surface area (Å²) < 4.78 is 0. The highest BCUT2D eigenvalue weighted by molar-refractivity contribution is 5.94. The molecule has 2 fully saturated rings. The summed E-state index contributed by atoms with van der Waals surface area (Å²) in [5.41, 5.74) is 7.77. The molecular weight excluding hydrogens is 326 g/mol. The smallest absolute Gasteiger partial charge is 0.253 e. The molecule has 1 aromatic carbocycles. The molecule has 3 rings (SSSR count). The Kier molecular flexibility index (Phi) is 6.24. The molecule has 24 heavy (non-hydrogen) atoms. The van der Waals surface area contributed by atoms with Gasteiger partial charge in [-0.15, -0.1) is 12.4 Å². The Bertz CT molecular complexity index is 582. The molecule has 2 amide bonds. The molecule has 1 saturated carbocycles. The van der Waals surface area contributed by atoms with E-state index >= 15 is 0 Å². The Morgan fingerprint density at radius 2 is 1.58 bits per heavy atom. The number of carbonyl (C=O) groups is 2. The van der Waals surface area contributed by atoms with Gasteiger partial charge < -0.3 is 15.5 Å². The van der Waals surface area contributed by atoms with Crippen LogP contribution in [0.2, 0.25) is 0 Å². The van der Waals surface area contributed by atoms with Crippen LogP contribution in [0, 0.1) is 12.8 Å². The third kappa shape index (κ3) is 4.08. The van der Waals surface area contributed by atoms with Crippen molar-refractivity contribution in [1.82, 2.24) is 9.80 Å². The Balaban J connectivity index is 0.00000208. The molecule has 2 atom stereocenters. The summed E-state index contributed by atoms with van der Waals surface area (Å²) in [6, 6.07) is 7.82. The SMILES string of the molecule is Cc1ccc(C(=O)N2CCN(C(=O)C3CCC(N)C3)CC2)cc1.Cl. The first kappa shape index (κ1) is 18.7. The minimum atomic E-state index is 0. The van der Waals surface area contributed by atoms with E-state index in [-0.39, 0.29) is 36.2 Å². The Hall–Kier alpha value is -1.59. The second-order valence-corrected chi connectivity index (χ2v) is 6.75. The van der Waals surface area contributed by atoms with Crippen molar-refractivity contribution in [1.29, 1.82) is 0 Å². The van der Waals surface area contributed by atoms with Gasteiger partial charge in [0.2, 0.25) is 5.91 Å². The molecule has 1 aromatic rings. The highest BCUT2D eigenvalue weighted by atomic mass is 35.5. The zero-order valence-electron chi connectivity index (χ0n) is 14.1. The first-order valence-corrected chi connectivity index (χ1v) is 8.45. The number of benzene rings is 1. The fourth-order valence-electron chi connectivity index (χ4n) is 3.51. The van der Waals surface area contributed by atoms with Gasteiger partial charge in [0.05, 0.1) is 0 Å². The number of carbonyl (C=O) groups excluding carboxylic acids is 2. The van der Waals surface area contributed by atoms with Crippen molar-refractivity contribution >= 4 is 24.2 Å². The zero-order valence-corrected chi connectivity index (χ0v) is 14.9. The second kappa shape index (κ2) is 7.99. The van der Waals surface area contributed by atoms with Gasteiger partial charge in [0.1, 0.15) is 0 Å². The van der Waals surface area contributed by atoms with Crippen molar-refractivity contribution in [2.24, 2.45) is 11.7 Å². The maximum absolute atomic E-state index is 12.5. The predicted octanol–water partition coefficient (Wildman–Crippen LogP) is 1.83. The summed E-state index contributed by atoms with van der Waals surface area (Å²) in [7, 11) is 0. The van der Waals surface area contributed by atoms with E-state index in [1.807, 2.05) is 41.0 Å². The normalized spacial score (nSPS) is 23.8. The van der Waals surface area contributed by atoms with Crippen LogP contribution in [0.4, 0.5) is 0 Å². The third-order valence-corrected chi connectivity index (χ3v) is 5.00. The Morgan fingerprint density at radius 1 is 1.00 bits per heavy atom. The minimum absolute atomic E-state index is 0. The summed E-state index contributed by atoms with van der Waals surface area (Å²) in [5.74, 6) is 0.365. The lowest BCUT2D eigenvalue weighted by Gasteiger charge is -2.36. The van der Waals surface area contributed by atoms with E-state index < -0.39 is 0 Å². The minimum Gasteiger partial charge on any atom is -0.339 e. The number of hydrogen-bond donors (Lipinski definition) is 1. The molecule has 2 unspecified atom stereocenters. The largest absolute Gasteiger partial charge is 0.339 e. The Labute approximate surface area is 149 Å². The number of hydrogen-bond acceptors (Lipinski definition) is 3. The molecule has 0 radical (unpaired) electrons. The van der Waals surface area contributed by atoms with Crippen LogP contribution >= 0.6 is 12.4 Å². The molecule has 0 spiro atoms. The maximum atomic E-state index is 12.5. The van der Waals surface area contributed by atoms with Crippen LogP contribution in [0.25, 0.3) is 0 Å². The van der Waals surface area contributed by atoms with Crippen molar-refractivity contribution in [3.05, 3.63) is 35.4 Å². The van der Waals surface area contributed by atoms with Gasteiger partial charge in [0, 0.05) is 43.7 Å². The van der Waals surface area contributed by atoms with Crippen molar-refractivity contribution in [3.8, 4) is 0 Å². The Morgan fingerprint density at radius 3 is 2.12 bits per heavy atom. The number of halogens is 1. The fraction of sp³-hybridized carbons (Fsp3) is 0.556. The molecule has 1 heterocycles. The van der Waals surface area contributed by atoms with E-state index in [0.29, 0.717) is 26.2 Å². The van der Waals surface area contributed by atoms with Gasteiger partial charge in [-0.25, -0.2) is 0 Å². The van der Waals surface area contributed by atoms with Crippen molar-refractivity contribution in [2.45, 2.75) is 32.2 Å². The zero-order chi connectivity index (χ0) is 16.4. The number of piperazine rings is 1. The third-order valence-electron chi connectivity index (χ3n) is 5.00. The molecule has 2 N–H and O–H groups in total. The predicted molar refractivity (Wildman–Crippen MR) is 96.2 cm³/mol. The van der Waals surface area contributed by atoms with Gasteiger partial charge in [0.15, 0.2) is 0 Å². The van der Waals surface area contributed by atoms with E-state index in [4.69, 9.17) is 5.73 Å². The highest BCUT2D eigenvalue weighted by Gasteiger charge is 2.33. The van der Waals surface area contributed by atoms with Crippen LogP contribution in [-0.4, -0.2) is 53.8 Å². The van der Waals surface area contributed by atoms with Crippen LogP contribution in [-0.2, 0) is 4.79 Å². The summed E-state index contributed by atoms with van der Waals surface area (Å²) >= 11 is 0. The number of nitrogens with zero attached hydrogens (tertiary/aromatic N) is 2. The van der Waals surface area contributed by atoms with Crippen LogP contribution in [0.1, 0.15) is 35.2 Å². The van der Waals surface area contributed by atoms with Gasteiger partial charge >= 0.3 is 0 Å². The molecule has 1 aliphatic carbocycles. The first-order valence-electron chi connectivity index (χ1n) is 8.45. The monoisotopic (exact) mass is 351 g/mol. The lowest BCUT2D eigenvalue weighted by Crippen LogP contribution is -2.51. The number of nitrogens with two attached hydrogens (primary N) is 1. The lowest BCUT2D eigenvalue weighted by molar-refractivity contribution is -0.136. The summed E-state index contributed by atoms with van der Waals surface area (Å²) in [4.78, 5) is 28.7. The molecule has 0 bridgehead atoms. The van der Waals surface area contributed by atoms with E-state index in [9.17, 15) is 9.59 Å². The van der Waals surface area contributed by atoms with Crippen LogP contribution < -0.4 is 5.73 Å². The lowest BCUT2D eigenvalue weighted by atomic mass is 10.1. The molecule has 1 saturated heterocycles. The summed E-state index contributed by atoms with van der Waals surface area (Å²) in [6.07, 6.45) is 2.66. The van der Waals surface area contributed by atoms with E-state index in [2.05, 4.69) is 0 Å². The average molecular weight is 352 g/mol. The molecule has 1 aliphatic heterocycles. The van der Waals surface area contributed by atoms with Gasteiger partial charge in [-0.2, -0.15) is 0 Å². The quantitative estimate of drug-likeness (QED) is 0.884. The number of rotatable bonds is 2. The van der Waals surface area contributed by atoms with Crippen LogP contribution in [0.15, 0.2) is 24.3 Å². The van der Waals surface area contributed by atoms with Gasteiger partial charge in [-0.3, -0.25) is 9.59 Å². The number of amides is 2. The van der Waals surface area contributed by atoms with Gasteiger partial charge in [0.25, 0.3) is 5.91 Å². The number of aryl methyl sites for hydroxylation is 1. The fourth-order valence-corrected chi connectivity index (χ4v) is 3.51. The van der Waals surface area contributed by atoms with Crippen LogP contribution in [0.3, 0.4) is 0 Å². The van der Waals surface area contributed by atoms with Gasteiger partial charge in [-0.1, -0.05) is 17.7 Å². The maximum Gasteiger partial charge on any atom is 0.253 e. The first-order chi connectivity index (χ1) is 11.0. The highest BCUT2D eigenvalue weighted by Crippen LogP contribution is 2.26. The second-order valence-electron chi connectivity index (χ2n) is 6.75. The molecule has 132 valence electrons. The van der Waals surface area contributed by atoms with E-state index in [0.717, 1.165) is 30.4 Å². The molecule has 0 aromatic heterocycles. The molecule has 6 heteroatoms. The standard InChI is InChI=1S/C18H25N3O2.ClH/c1-13-2-4-14(5-3-13)17(22)20-8-10-21(11-9-20)18(23)15-6-7-16(19)12-15;/h2-5,15-16H,6-12,19H2,1H3;1H. The summed E-state index contributed by atoms with van der Waals surface area (Å²) in [6.45, 7) is 4.48. The van der Waals surface area contributed by atoms with Crippen LogP contribution in [0.5, 0.6) is 0 Å². The van der Waals surface area contributed by atoms with Crippen molar-refractivity contribution < 1.29 is 9.59 Å². The van der Waals surface area contributed by atoms with E-state index in [1.165, 1.54) is 0 Å². The van der Waals surface area contributed by atoms with Gasteiger partial charge in [-0.05, 0) is 38.3 Å². The molecular formula is C18H26ClN3O2. The average Bonchev–Trinajstić information content (AvgIpc) is 3.01.